The smallest absolute Gasteiger partial charge is 0.238 e. The highest BCUT2D eigenvalue weighted by Gasteiger charge is 1.79. The van der Waals surface area contributed by atoms with Crippen LogP contribution in [0.25, 0.3) is 0 Å². The topological polar surface area (TPSA) is 40.9 Å². The van der Waals surface area contributed by atoms with Crippen LogP contribution in [0.15, 0.2) is 0 Å². The first-order chi connectivity index (χ1) is 2.27. The van der Waals surface area contributed by atoms with Crippen molar-refractivity contribution in [2.75, 3.05) is 0 Å². The summed E-state index contributed by atoms with van der Waals surface area (Å²) in [6.07, 6.45) is 0.0833. The minimum atomic E-state index is -0.606. The molecule has 0 atom stereocenters. The van der Waals surface area contributed by atoms with Crippen LogP contribution >= 0.6 is 0 Å². The van der Waals surface area contributed by atoms with Crippen LogP contribution in [-0.4, -0.2) is 5.91 Å². The van der Waals surface area contributed by atoms with Crippen LogP contribution in [0.4, 0.5) is 0 Å². The largest absolute Gasteiger partial charge is 0.273 e. The Labute approximate surface area is 31.0 Å². The molecule has 28 valence electrons. The molecular formula is C3H5NO. The van der Waals surface area contributed by atoms with Gasteiger partial charge in [-0.2, -0.15) is 0 Å². The van der Waals surface area contributed by atoms with E-state index in [1.165, 1.54) is 0 Å². The van der Waals surface area contributed by atoms with E-state index in [1.807, 2.05) is 0 Å². The van der Waals surface area contributed by atoms with Crippen LogP contribution in [0, 0.1) is 6.92 Å². The first kappa shape index (κ1) is 4.47. The number of nitrogens with one attached hydrogen (secondary N) is 1. The molecular weight excluding hydrogens is 66.0 g/mol. The van der Waals surface area contributed by atoms with Crippen LogP contribution in [0.1, 0.15) is 6.42 Å². The van der Waals surface area contributed by atoms with Crippen LogP contribution in [0.5, 0.6) is 0 Å². The highest BCUT2D eigenvalue weighted by Crippen LogP contribution is 1.64. The van der Waals surface area contributed by atoms with E-state index in [4.69, 9.17) is 5.73 Å². The van der Waals surface area contributed by atoms with Crippen molar-refractivity contribution in [3.05, 3.63) is 6.92 Å². The SMILES string of the molecule is [CH2]CC([NH])=O. The molecule has 0 fully saturated rings. The second-order valence-corrected chi connectivity index (χ2v) is 0.673. The fourth-order valence-electron chi connectivity index (χ4n) is 0. The summed E-state index contributed by atoms with van der Waals surface area (Å²) in [5.41, 5.74) is 6.12. The Bertz CT molecular complexity index is 42.2. The summed E-state index contributed by atoms with van der Waals surface area (Å²) in [5, 5.41) is 0. The molecule has 5 heavy (non-hydrogen) atoms. The number of rotatable bonds is 1. The van der Waals surface area contributed by atoms with E-state index in [0.717, 1.165) is 0 Å². The molecule has 2 heteroatoms. The van der Waals surface area contributed by atoms with Crippen molar-refractivity contribution in [2.24, 2.45) is 0 Å². The summed E-state index contributed by atoms with van der Waals surface area (Å²) in [4.78, 5) is 9.42. The molecule has 0 aliphatic heterocycles. The van der Waals surface area contributed by atoms with Gasteiger partial charge in [-0.05, 0) is 6.92 Å². The molecule has 0 aliphatic rings. The lowest BCUT2D eigenvalue weighted by molar-refractivity contribution is -0.117. The Kier molecular flexibility index (Phi) is 1.57. The second-order valence-electron chi connectivity index (χ2n) is 0.673. The van der Waals surface area contributed by atoms with Crippen molar-refractivity contribution in [2.45, 2.75) is 6.42 Å². The molecule has 0 unspecified atom stereocenters. The first-order valence-corrected chi connectivity index (χ1v) is 1.31. The van der Waals surface area contributed by atoms with Crippen molar-refractivity contribution in [1.29, 1.82) is 0 Å². The third-order valence-electron chi connectivity index (χ3n) is 0.227. The molecule has 2 radical (unpaired) electrons. The van der Waals surface area contributed by atoms with Crippen LogP contribution < -0.4 is 5.73 Å². The van der Waals surface area contributed by atoms with Gasteiger partial charge in [0, 0.05) is 6.42 Å². The Morgan fingerprint density at radius 1 is 2.00 bits per heavy atom. The fraction of sp³-hybridized carbons (Fsp3) is 0.333. The van der Waals surface area contributed by atoms with Crippen molar-refractivity contribution in [1.82, 2.24) is 5.73 Å². The van der Waals surface area contributed by atoms with E-state index >= 15 is 0 Å². The lowest BCUT2D eigenvalue weighted by Gasteiger charge is -1.70. The van der Waals surface area contributed by atoms with Gasteiger partial charge < -0.3 is 0 Å². The average molecular weight is 71.1 g/mol. The Morgan fingerprint density at radius 2 is 2.20 bits per heavy atom. The second kappa shape index (κ2) is 1.76. The van der Waals surface area contributed by atoms with Gasteiger partial charge in [0.05, 0.1) is 0 Å². The van der Waals surface area contributed by atoms with E-state index in [9.17, 15) is 4.79 Å². The zero-order valence-corrected chi connectivity index (χ0v) is 2.82. The lowest BCUT2D eigenvalue weighted by atomic mass is 10.5. The van der Waals surface area contributed by atoms with Gasteiger partial charge in [-0.15, -0.1) is 0 Å². The summed E-state index contributed by atoms with van der Waals surface area (Å²) in [6.45, 7) is 3.15. The molecule has 0 rings (SSSR count). The van der Waals surface area contributed by atoms with E-state index in [0.29, 0.717) is 0 Å². The van der Waals surface area contributed by atoms with Crippen molar-refractivity contribution in [3.63, 3.8) is 0 Å². The zero-order chi connectivity index (χ0) is 4.28. The number of amides is 1. The third kappa shape index (κ3) is 3.47. The van der Waals surface area contributed by atoms with Crippen LogP contribution in [0.3, 0.4) is 0 Å². The van der Waals surface area contributed by atoms with Gasteiger partial charge in [0.15, 0.2) is 0 Å². The molecule has 0 bridgehead atoms. The molecule has 0 saturated carbocycles. The Morgan fingerprint density at radius 3 is 2.20 bits per heavy atom. The normalized spacial score (nSPS) is 7.40. The van der Waals surface area contributed by atoms with Gasteiger partial charge in [0.2, 0.25) is 5.91 Å². The van der Waals surface area contributed by atoms with Gasteiger partial charge in [-0.25, -0.2) is 0 Å². The zero-order valence-electron chi connectivity index (χ0n) is 2.82. The minimum Gasteiger partial charge on any atom is -0.273 e. The molecule has 0 spiro atoms. The van der Waals surface area contributed by atoms with Crippen LogP contribution in [0.2, 0.25) is 0 Å². The molecule has 1 amide bonds. The van der Waals surface area contributed by atoms with Crippen molar-refractivity contribution < 1.29 is 4.79 Å². The molecule has 0 heterocycles. The predicted octanol–water partition coefficient (Wildman–Crippen LogP) is 0.0201. The van der Waals surface area contributed by atoms with E-state index in [2.05, 4.69) is 6.92 Å². The number of carbonyl (C=O) groups excluding carboxylic acids is 1. The maximum atomic E-state index is 9.42. The summed E-state index contributed by atoms with van der Waals surface area (Å²) in [7, 11) is 0. The van der Waals surface area contributed by atoms with Crippen molar-refractivity contribution >= 4 is 5.91 Å². The van der Waals surface area contributed by atoms with E-state index < -0.39 is 5.91 Å². The minimum absolute atomic E-state index is 0.0833. The van der Waals surface area contributed by atoms with Gasteiger partial charge in [-0.3, -0.25) is 10.5 Å². The number of carbonyl (C=O) groups is 1. The lowest BCUT2D eigenvalue weighted by Crippen LogP contribution is -1.91. The monoisotopic (exact) mass is 71.0 g/mol. The van der Waals surface area contributed by atoms with Crippen molar-refractivity contribution in [3.8, 4) is 0 Å². The number of hydrogen-bond donors (Lipinski definition) is 0. The quantitative estimate of drug-likeness (QED) is 0.429. The molecule has 1 N–H and O–H groups in total. The molecule has 0 aliphatic carbocycles. The Balaban J connectivity index is 2.85. The van der Waals surface area contributed by atoms with E-state index in [1.54, 1.807) is 0 Å². The molecule has 2 nitrogen and oxygen atoms in total. The number of hydrogen-bond acceptors (Lipinski definition) is 1. The summed E-state index contributed by atoms with van der Waals surface area (Å²) in [5.74, 6) is -0.606. The standard InChI is InChI=1S/C3H5NO/c1-2-3(4)5/h4H,1-2H2. The van der Waals surface area contributed by atoms with Crippen LogP contribution in [-0.2, 0) is 4.79 Å². The highest BCUT2D eigenvalue weighted by molar-refractivity contribution is 5.73. The summed E-state index contributed by atoms with van der Waals surface area (Å²) < 4.78 is 0. The molecule has 0 saturated heterocycles. The predicted molar refractivity (Wildman–Crippen MR) is 18.1 cm³/mol. The summed E-state index contributed by atoms with van der Waals surface area (Å²) in [6, 6.07) is 0. The Hall–Kier alpha value is -0.530. The highest BCUT2D eigenvalue weighted by atomic mass is 16.1. The first-order valence-electron chi connectivity index (χ1n) is 1.31. The van der Waals surface area contributed by atoms with Gasteiger partial charge in [0.25, 0.3) is 0 Å². The molecule has 0 aromatic carbocycles. The van der Waals surface area contributed by atoms with E-state index in [-0.39, 0.29) is 6.42 Å². The molecule has 0 aromatic heterocycles. The maximum absolute atomic E-state index is 9.42. The summed E-state index contributed by atoms with van der Waals surface area (Å²) >= 11 is 0. The fourth-order valence-corrected chi connectivity index (χ4v) is 0. The van der Waals surface area contributed by atoms with Gasteiger partial charge in [0.1, 0.15) is 0 Å². The maximum Gasteiger partial charge on any atom is 0.238 e. The third-order valence-corrected chi connectivity index (χ3v) is 0.227. The van der Waals surface area contributed by atoms with Gasteiger partial charge >= 0.3 is 0 Å². The molecule has 0 aromatic rings. The average Bonchev–Trinajstić information content (AvgIpc) is 1.38. The van der Waals surface area contributed by atoms with Gasteiger partial charge in [-0.1, -0.05) is 0 Å².